The zero-order valence-corrected chi connectivity index (χ0v) is 23.6. The number of rotatable bonds is 5. The summed E-state index contributed by atoms with van der Waals surface area (Å²) in [5.41, 5.74) is 4.49. The van der Waals surface area contributed by atoms with Gasteiger partial charge in [-0.1, -0.05) is 36.9 Å². The standard InChI is InChI=1S/C22H29OSi2.2ClH.Zr/c1-15(23-24(2,3)4)13-16-9-7-11-18(16)19-12-8-10-17-14-20-22(21(17)19)25(20,5)6;;;/h7-10,12,14-15H,11,13H2,1-6H3;2*1H;/q-1;;;+3/p-2. The third-order valence-electron chi connectivity index (χ3n) is 5.57. The molecule has 1 heterocycles. The molecule has 0 saturated heterocycles. The van der Waals surface area contributed by atoms with Crippen molar-refractivity contribution < 1.29 is 55.4 Å². The fourth-order valence-corrected chi connectivity index (χ4v) is 9.21. The molecule has 1 aliphatic carbocycles. The summed E-state index contributed by atoms with van der Waals surface area (Å²) < 4.78 is 6.30. The van der Waals surface area contributed by atoms with E-state index in [1.54, 1.807) is 15.8 Å². The van der Waals surface area contributed by atoms with Crippen LogP contribution in [0.3, 0.4) is 0 Å². The fourth-order valence-electron chi connectivity index (χ4n) is 4.55. The molecule has 0 fully saturated rings. The molecule has 2 aromatic carbocycles. The molecule has 0 aromatic heterocycles. The number of benzene rings is 1. The van der Waals surface area contributed by atoms with Gasteiger partial charge >= 0.3 is 26.2 Å². The van der Waals surface area contributed by atoms with Gasteiger partial charge in [-0.05, 0) is 50.6 Å². The van der Waals surface area contributed by atoms with Crippen LogP contribution in [0, 0.1) is 0 Å². The van der Waals surface area contributed by atoms with Crippen molar-refractivity contribution in [2.24, 2.45) is 0 Å². The zero-order chi connectivity index (χ0) is 18.0. The Hall–Kier alpha value is 0.167. The van der Waals surface area contributed by atoms with Crippen molar-refractivity contribution in [2.45, 2.75) is 58.6 Å². The van der Waals surface area contributed by atoms with Crippen molar-refractivity contribution >= 4 is 43.1 Å². The minimum absolute atomic E-state index is 0. The summed E-state index contributed by atoms with van der Waals surface area (Å²) in [6.07, 6.45) is 7.05. The van der Waals surface area contributed by atoms with E-state index in [0.717, 1.165) is 12.8 Å². The second-order valence-electron chi connectivity index (χ2n) is 9.18. The summed E-state index contributed by atoms with van der Waals surface area (Å²) in [6, 6.07) is 9.32. The van der Waals surface area contributed by atoms with E-state index in [1.165, 1.54) is 22.1 Å². The average molecular weight is 528 g/mol. The Balaban J connectivity index is 0.00000131. The molecule has 149 valence electrons. The number of fused-ring (bicyclic) bond motifs is 3. The van der Waals surface area contributed by atoms with Crippen LogP contribution in [0.4, 0.5) is 0 Å². The second kappa shape index (κ2) is 9.12. The van der Waals surface area contributed by atoms with Gasteiger partial charge in [0.15, 0.2) is 8.32 Å². The Bertz CT molecular complexity index is 922. The largest absolute Gasteiger partial charge is 3.00 e. The Labute approximate surface area is 203 Å². The van der Waals surface area contributed by atoms with Gasteiger partial charge in [0, 0.05) is 14.2 Å². The van der Waals surface area contributed by atoms with Crippen molar-refractivity contribution in [2.75, 3.05) is 0 Å². The van der Waals surface area contributed by atoms with Gasteiger partial charge in [-0.2, -0.15) is 10.4 Å². The molecule has 0 amide bonds. The predicted octanol–water partition coefficient (Wildman–Crippen LogP) is -0.956. The minimum atomic E-state index is -1.49. The van der Waals surface area contributed by atoms with Crippen molar-refractivity contribution in [1.29, 1.82) is 0 Å². The van der Waals surface area contributed by atoms with E-state index in [4.69, 9.17) is 4.43 Å². The van der Waals surface area contributed by atoms with Gasteiger partial charge in [0.25, 0.3) is 0 Å². The van der Waals surface area contributed by atoms with Crippen LogP contribution < -0.4 is 35.2 Å². The van der Waals surface area contributed by atoms with Crippen LogP contribution in [0.15, 0.2) is 42.0 Å². The van der Waals surface area contributed by atoms with Crippen molar-refractivity contribution in [3.63, 3.8) is 0 Å². The summed E-state index contributed by atoms with van der Waals surface area (Å²) >= 11 is 0. The van der Waals surface area contributed by atoms with Gasteiger partial charge < -0.3 is 29.2 Å². The molecule has 2 aliphatic rings. The quantitative estimate of drug-likeness (QED) is 0.360. The smallest absolute Gasteiger partial charge is 1.00 e. The molecular weight excluding hydrogens is 499 g/mol. The number of allylic oxidation sites excluding steroid dienone is 3. The van der Waals surface area contributed by atoms with Gasteiger partial charge in [-0.15, -0.1) is 29.0 Å². The maximum atomic E-state index is 6.30. The normalized spacial score (nSPS) is 17.5. The molecule has 0 spiro atoms. The van der Waals surface area contributed by atoms with Crippen molar-refractivity contribution in [1.82, 2.24) is 0 Å². The number of hydrogen-bond acceptors (Lipinski definition) is 1. The fraction of sp³-hybridized carbons (Fsp3) is 0.409. The third-order valence-corrected chi connectivity index (χ3v) is 9.94. The molecule has 0 saturated carbocycles. The van der Waals surface area contributed by atoms with E-state index in [2.05, 4.69) is 76.1 Å². The third kappa shape index (κ3) is 4.73. The van der Waals surface area contributed by atoms with E-state index < -0.39 is 16.4 Å². The molecular formula is C22H29Cl2OSi2Zr. The molecule has 1 nitrogen and oxygen atoms in total. The minimum Gasteiger partial charge on any atom is -1.00 e. The van der Waals surface area contributed by atoms with Crippen LogP contribution in [-0.4, -0.2) is 22.5 Å². The van der Waals surface area contributed by atoms with Gasteiger partial charge in [0.1, 0.15) is 0 Å². The summed E-state index contributed by atoms with van der Waals surface area (Å²) in [6.45, 7) is 14.0. The average Bonchev–Trinajstić information content (AvgIpc) is 2.89. The first-order chi connectivity index (χ1) is 11.7. The van der Waals surface area contributed by atoms with E-state index in [1.807, 2.05) is 0 Å². The predicted molar refractivity (Wildman–Crippen MR) is 115 cm³/mol. The first-order valence-electron chi connectivity index (χ1n) is 9.48. The van der Waals surface area contributed by atoms with E-state index in [9.17, 15) is 0 Å². The van der Waals surface area contributed by atoms with Gasteiger partial charge in [-0.3, -0.25) is 0 Å². The first-order valence-corrected chi connectivity index (χ1v) is 15.9. The van der Waals surface area contributed by atoms with Crippen LogP contribution in [0.2, 0.25) is 32.7 Å². The molecule has 1 unspecified atom stereocenters. The van der Waals surface area contributed by atoms with E-state index in [0.29, 0.717) is 6.10 Å². The van der Waals surface area contributed by atoms with Crippen LogP contribution in [0.5, 0.6) is 0 Å². The van der Waals surface area contributed by atoms with Gasteiger partial charge in [-0.25, -0.2) is 0 Å². The van der Waals surface area contributed by atoms with Crippen molar-refractivity contribution in [3.05, 3.63) is 47.6 Å². The molecule has 1 radical (unpaired) electrons. The monoisotopic (exact) mass is 525 g/mol. The first kappa shape index (κ1) is 26.2. The zero-order valence-electron chi connectivity index (χ0n) is 17.6. The molecule has 4 rings (SSSR count). The summed E-state index contributed by atoms with van der Waals surface area (Å²) in [4.78, 5) is 0. The van der Waals surface area contributed by atoms with Crippen LogP contribution >= 0.6 is 0 Å². The van der Waals surface area contributed by atoms with Crippen LogP contribution in [-0.2, 0) is 30.6 Å². The summed E-state index contributed by atoms with van der Waals surface area (Å²) in [5, 5.41) is 6.39. The molecule has 1 aliphatic heterocycles. The van der Waals surface area contributed by atoms with Gasteiger partial charge in [0.05, 0.1) is 0 Å². The maximum Gasteiger partial charge on any atom is 3.00 e. The Morgan fingerprint density at radius 1 is 1.18 bits per heavy atom. The molecule has 0 N–H and O–H groups in total. The Morgan fingerprint density at radius 2 is 1.86 bits per heavy atom. The van der Waals surface area contributed by atoms with Gasteiger partial charge in [0.2, 0.25) is 0 Å². The van der Waals surface area contributed by atoms with Crippen LogP contribution in [0.1, 0.15) is 25.3 Å². The molecule has 2 aromatic rings. The Morgan fingerprint density at radius 3 is 2.50 bits per heavy atom. The van der Waals surface area contributed by atoms with E-state index in [-0.39, 0.29) is 51.0 Å². The number of hydrogen-bond donors (Lipinski definition) is 0. The summed E-state index contributed by atoms with van der Waals surface area (Å²) in [5.74, 6) is 0. The Kier molecular flexibility index (Phi) is 8.53. The molecule has 1 atom stereocenters. The topological polar surface area (TPSA) is 9.23 Å². The molecule has 0 bridgehead atoms. The summed E-state index contributed by atoms with van der Waals surface area (Å²) in [7, 11) is -2.70. The van der Waals surface area contributed by atoms with Crippen molar-refractivity contribution in [3.8, 4) is 0 Å². The van der Waals surface area contributed by atoms with E-state index >= 15 is 0 Å². The molecule has 6 heteroatoms. The second-order valence-corrected chi connectivity index (χ2v) is 17.9. The SMILES string of the molecule is CC(CC1=C(c2cccc3[cH-]c4c(c23)[Si]4(C)C)CC=C1)O[Si](C)(C)C.[Cl-].[Cl-].[Zr+3]. The number of halogens is 2. The van der Waals surface area contributed by atoms with Crippen LogP contribution in [0.25, 0.3) is 16.3 Å². The maximum absolute atomic E-state index is 6.30. The molecule has 28 heavy (non-hydrogen) atoms.